The molecule has 3 rings (SSSR count). The van der Waals surface area contributed by atoms with Crippen molar-refractivity contribution in [1.29, 1.82) is 0 Å². The third-order valence-corrected chi connectivity index (χ3v) is 4.53. The summed E-state index contributed by atoms with van der Waals surface area (Å²) in [5, 5.41) is 6.28. The molecule has 0 unspecified atom stereocenters. The maximum absolute atomic E-state index is 5.47. The zero-order valence-electron chi connectivity index (χ0n) is 13.5. The Morgan fingerprint density at radius 2 is 1.83 bits per heavy atom. The van der Waals surface area contributed by atoms with Crippen LogP contribution in [0.25, 0.3) is 10.9 Å². The summed E-state index contributed by atoms with van der Waals surface area (Å²) in [6.45, 7) is 4.00. The molecule has 0 spiro atoms. The Balaban J connectivity index is 1.69. The van der Waals surface area contributed by atoms with E-state index in [1.54, 1.807) is 0 Å². The van der Waals surface area contributed by atoms with Gasteiger partial charge in [0.15, 0.2) is 5.11 Å². The Kier molecular flexibility index (Phi) is 5.18. The minimum absolute atomic E-state index is 0.715. The van der Waals surface area contributed by atoms with E-state index < -0.39 is 0 Å². The number of nitrogens with zero attached hydrogens (tertiary/aromatic N) is 3. The van der Waals surface area contributed by atoms with Gasteiger partial charge in [-0.2, -0.15) is 5.10 Å². The van der Waals surface area contributed by atoms with E-state index in [1.165, 1.54) is 25.7 Å². The molecule has 0 amide bonds. The lowest BCUT2D eigenvalue weighted by Crippen LogP contribution is -2.38. The van der Waals surface area contributed by atoms with Crippen molar-refractivity contribution in [3.63, 3.8) is 0 Å². The van der Waals surface area contributed by atoms with Crippen LogP contribution in [0.4, 0.5) is 0 Å². The third-order valence-electron chi connectivity index (χ3n) is 4.18. The summed E-state index contributed by atoms with van der Waals surface area (Å²) < 4.78 is 0. The van der Waals surface area contributed by atoms with Gasteiger partial charge >= 0.3 is 0 Å². The minimum atomic E-state index is 0.715. The molecule has 2 aromatic rings. The van der Waals surface area contributed by atoms with Crippen molar-refractivity contribution in [2.75, 3.05) is 13.1 Å². The zero-order valence-corrected chi connectivity index (χ0v) is 14.3. The first-order chi connectivity index (χ1) is 11.2. The van der Waals surface area contributed by atoms with Gasteiger partial charge in [-0.15, -0.1) is 0 Å². The average molecular weight is 326 g/mol. The van der Waals surface area contributed by atoms with Crippen LogP contribution in [0, 0.1) is 0 Å². The lowest BCUT2D eigenvalue weighted by Gasteiger charge is -2.22. The molecule has 0 saturated carbocycles. The molecule has 1 N–H and O–H groups in total. The van der Waals surface area contributed by atoms with E-state index in [0.717, 1.165) is 35.4 Å². The molecule has 0 atom stereocenters. The summed E-state index contributed by atoms with van der Waals surface area (Å²) in [6.07, 6.45) is 5.00. The quantitative estimate of drug-likeness (QED) is 0.519. The van der Waals surface area contributed by atoms with Crippen molar-refractivity contribution in [3.05, 3.63) is 42.1 Å². The van der Waals surface area contributed by atoms with Crippen molar-refractivity contribution in [1.82, 2.24) is 15.3 Å². The van der Waals surface area contributed by atoms with Crippen LogP contribution in [0.1, 0.15) is 38.3 Å². The number of hydrogen-bond donors (Lipinski definition) is 1. The predicted molar refractivity (Wildman–Crippen MR) is 99.7 cm³/mol. The maximum atomic E-state index is 5.47. The molecule has 1 aliphatic heterocycles. The fourth-order valence-corrected chi connectivity index (χ4v) is 3.03. The van der Waals surface area contributed by atoms with Gasteiger partial charge in [0.05, 0.1) is 16.9 Å². The number of fused-ring (bicyclic) bond motifs is 1. The molecule has 1 fully saturated rings. The molecule has 1 saturated heterocycles. The lowest BCUT2D eigenvalue weighted by molar-refractivity contribution is 0.428. The molecule has 23 heavy (non-hydrogen) atoms. The highest BCUT2D eigenvalue weighted by atomic mass is 32.1. The fourth-order valence-electron chi connectivity index (χ4n) is 2.80. The van der Waals surface area contributed by atoms with Crippen LogP contribution in [-0.4, -0.2) is 33.8 Å². The molecular formula is C18H22N4S. The molecule has 0 aliphatic carbocycles. The molecule has 1 aromatic carbocycles. The first-order valence-corrected chi connectivity index (χ1v) is 8.60. The van der Waals surface area contributed by atoms with Crippen molar-refractivity contribution in [2.24, 2.45) is 5.10 Å². The normalized spacial score (nSPS) is 16.2. The van der Waals surface area contributed by atoms with E-state index in [4.69, 9.17) is 12.2 Å². The van der Waals surface area contributed by atoms with Crippen molar-refractivity contribution < 1.29 is 0 Å². The van der Waals surface area contributed by atoms with Crippen LogP contribution in [0.3, 0.4) is 0 Å². The van der Waals surface area contributed by atoms with E-state index in [-0.39, 0.29) is 0 Å². The summed E-state index contributed by atoms with van der Waals surface area (Å²) in [4.78, 5) is 6.87. The number of thiocarbonyl (C=S) groups is 1. The second-order valence-electron chi connectivity index (χ2n) is 5.90. The van der Waals surface area contributed by atoms with E-state index >= 15 is 0 Å². The van der Waals surface area contributed by atoms with E-state index in [2.05, 4.69) is 32.5 Å². The van der Waals surface area contributed by atoms with Gasteiger partial charge in [0.25, 0.3) is 0 Å². The van der Waals surface area contributed by atoms with Gasteiger partial charge in [-0.05, 0) is 44.1 Å². The third kappa shape index (κ3) is 4.05. The molecule has 1 aliphatic rings. The number of para-hydroxylation sites is 1. The largest absolute Gasteiger partial charge is 0.348 e. The second-order valence-corrected chi connectivity index (χ2v) is 6.29. The highest BCUT2D eigenvalue weighted by Crippen LogP contribution is 2.12. The molecule has 2 heterocycles. The average Bonchev–Trinajstić information content (AvgIpc) is 2.88. The highest BCUT2D eigenvalue weighted by Gasteiger charge is 2.11. The van der Waals surface area contributed by atoms with Crippen molar-refractivity contribution >= 4 is 33.9 Å². The number of benzene rings is 1. The summed E-state index contributed by atoms with van der Waals surface area (Å²) in [6, 6.07) is 12.2. The van der Waals surface area contributed by atoms with Crippen LogP contribution in [0.5, 0.6) is 0 Å². The van der Waals surface area contributed by atoms with Gasteiger partial charge in [-0.25, -0.2) is 4.98 Å². The van der Waals surface area contributed by atoms with Gasteiger partial charge in [-0.3, -0.25) is 5.43 Å². The summed E-state index contributed by atoms with van der Waals surface area (Å²) in [7, 11) is 0. The Hall–Kier alpha value is -2.01. The summed E-state index contributed by atoms with van der Waals surface area (Å²) >= 11 is 5.47. The molecule has 1 aromatic heterocycles. The highest BCUT2D eigenvalue weighted by molar-refractivity contribution is 7.80. The van der Waals surface area contributed by atoms with Crippen LogP contribution in [0.15, 0.2) is 41.5 Å². The SMILES string of the molecule is CC(=NNC(=S)N1CCCCCC1)c1ccc2ccccc2n1. The van der Waals surface area contributed by atoms with Crippen LogP contribution < -0.4 is 5.43 Å². The number of likely N-dealkylation sites (tertiary alicyclic amines) is 1. The van der Waals surface area contributed by atoms with Crippen molar-refractivity contribution in [3.8, 4) is 0 Å². The Morgan fingerprint density at radius 3 is 2.61 bits per heavy atom. The lowest BCUT2D eigenvalue weighted by atomic mass is 10.2. The first kappa shape index (κ1) is 15.9. The maximum Gasteiger partial charge on any atom is 0.189 e. The van der Waals surface area contributed by atoms with Crippen LogP contribution in [-0.2, 0) is 0 Å². The van der Waals surface area contributed by atoms with E-state index in [9.17, 15) is 0 Å². The van der Waals surface area contributed by atoms with E-state index in [1.807, 2.05) is 31.2 Å². The summed E-state index contributed by atoms with van der Waals surface area (Å²) in [5.74, 6) is 0. The number of nitrogens with one attached hydrogen (secondary N) is 1. The van der Waals surface area contributed by atoms with E-state index in [0.29, 0.717) is 5.11 Å². The predicted octanol–water partition coefficient (Wildman–Crippen LogP) is 3.71. The Labute approximate surface area is 142 Å². The molecule has 5 heteroatoms. The molecule has 0 bridgehead atoms. The van der Waals surface area contributed by atoms with Crippen molar-refractivity contribution in [2.45, 2.75) is 32.6 Å². The van der Waals surface area contributed by atoms with Gasteiger partial charge in [0.1, 0.15) is 0 Å². The topological polar surface area (TPSA) is 40.5 Å². The molecule has 4 nitrogen and oxygen atoms in total. The zero-order chi connectivity index (χ0) is 16.1. The number of hydrogen-bond acceptors (Lipinski definition) is 3. The van der Waals surface area contributed by atoms with Crippen LogP contribution in [0.2, 0.25) is 0 Å². The van der Waals surface area contributed by atoms with Gasteiger partial charge in [0, 0.05) is 18.5 Å². The van der Waals surface area contributed by atoms with Gasteiger partial charge in [-0.1, -0.05) is 37.1 Å². The Bertz CT molecular complexity index is 718. The molecule has 0 radical (unpaired) electrons. The first-order valence-electron chi connectivity index (χ1n) is 8.19. The number of hydrazone groups is 1. The fraction of sp³-hybridized carbons (Fsp3) is 0.389. The standard InChI is InChI=1S/C18H22N4S/c1-14(16-11-10-15-8-4-5-9-17(15)19-16)20-21-18(23)22-12-6-2-3-7-13-22/h4-5,8-11H,2-3,6-7,12-13H2,1H3,(H,21,23). The monoisotopic (exact) mass is 326 g/mol. The number of rotatable bonds is 2. The second kappa shape index (κ2) is 7.51. The minimum Gasteiger partial charge on any atom is -0.348 e. The van der Waals surface area contributed by atoms with Crippen LogP contribution >= 0.6 is 12.2 Å². The number of aromatic nitrogens is 1. The molecular weight excluding hydrogens is 304 g/mol. The Morgan fingerprint density at radius 1 is 1.09 bits per heavy atom. The van der Waals surface area contributed by atoms with Gasteiger partial charge in [0.2, 0.25) is 0 Å². The van der Waals surface area contributed by atoms with Gasteiger partial charge < -0.3 is 4.90 Å². The summed E-state index contributed by atoms with van der Waals surface area (Å²) in [5.41, 5.74) is 5.72. The molecule has 120 valence electrons. The smallest absolute Gasteiger partial charge is 0.189 e. The number of pyridine rings is 1.